The molecule has 0 bridgehead atoms. The Morgan fingerprint density at radius 3 is 2.62 bits per heavy atom. The minimum absolute atomic E-state index is 0.492. The van der Waals surface area contributed by atoms with Crippen molar-refractivity contribution in [2.24, 2.45) is 5.92 Å². The molecule has 0 radical (unpaired) electrons. The number of ether oxygens (including phenoxy) is 1. The van der Waals surface area contributed by atoms with E-state index in [0.29, 0.717) is 16.7 Å². The summed E-state index contributed by atoms with van der Waals surface area (Å²) in [5.74, 6) is 1.21. The second-order valence-electron chi connectivity index (χ2n) is 4.15. The van der Waals surface area contributed by atoms with Gasteiger partial charge in [-0.05, 0) is 30.0 Å². The van der Waals surface area contributed by atoms with Crippen molar-refractivity contribution in [2.75, 3.05) is 7.11 Å². The summed E-state index contributed by atoms with van der Waals surface area (Å²) in [4.78, 5) is 0. The lowest BCUT2D eigenvalue weighted by molar-refractivity contribution is 0.146. The molecule has 0 aliphatic heterocycles. The molecule has 0 aromatic heterocycles. The smallest absolute Gasteiger partial charge is 0.120 e. The Morgan fingerprint density at radius 1 is 1.44 bits per heavy atom. The predicted octanol–water partition coefficient (Wildman–Crippen LogP) is 3.82. The van der Waals surface area contributed by atoms with Crippen molar-refractivity contribution in [3.63, 3.8) is 0 Å². The highest BCUT2D eigenvalue weighted by Crippen LogP contribution is 2.31. The van der Waals surface area contributed by atoms with E-state index in [9.17, 15) is 5.11 Å². The normalized spacial score (nSPS) is 14.6. The Labute approximate surface area is 102 Å². The van der Waals surface area contributed by atoms with Crippen molar-refractivity contribution in [3.8, 4) is 5.75 Å². The van der Waals surface area contributed by atoms with Crippen LogP contribution in [-0.4, -0.2) is 12.2 Å². The van der Waals surface area contributed by atoms with Gasteiger partial charge in [-0.1, -0.05) is 37.9 Å². The molecule has 2 unspecified atom stereocenters. The molecule has 0 heterocycles. The maximum Gasteiger partial charge on any atom is 0.120 e. The fourth-order valence-electron chi connectivity index (χ4n) is 1.58. The summed E-state index contributed by atoms with van der Waals surface area (Å²) in [6, 6.07) is 5.38. The average Bonchev–Trinajstić information content (AvgIpc) is 2.28. The first-order valence-electron chi connectivity index (χ1n) is 5.60. The Kier molecular flexibility index (Phi) is 5.10. The highest BCUT2D eigenvalue weighted by molar-refractivity contribution is 6.31. The molecule has 0 spiro atoms. The summed E-state index contributed by atoms with van der Waals surface area (Å²) in [6.45, 7) is 4.24. The van der Waals surface area contributed by atoms with E-state index in [-0.39, 0.29) is 0 Å². The lowest BCUT2D eigenvalue weighted by Crippen LogP contribution is -2.04. The third-order valence-electron chi connectivity index (χ3n) is 2.89. The van der Waals surface area contributed by atoms with Gasteiger partial charge in [0.2, 0.25) is 0 Å². The third kappa shape index (κ3) is 3.39. The van der Waals surface area contributed by atoms with Gasteiger partial charge in [0.05, 0.1) is 18.2 Å². The van der Waals surface area contributed by atoms with Crippen LogP contribution in [-0.2, 0) is 0 Å². The molecule has 1 aromatic rings. The van der Waals surface area contributed by atoms with Gasteiger partial charge in [-0.3, -0.25) is 0 Å². The number of rotatable bonds is 5. The molecular formula is C13H19ClO2. The summed E-state index contributed by atoms with van der Waals surface area (Å²) < 4.78 is 5.07. The average molecular weight is 243 g/mol. The SMILES string of the molecule is CCC(C)CC(O)c1ccc(OC)cc1Cl. The molecule has 1 N–H and O–H groups in total. The predicted molar refractivity (Wildman–Crippen MR) is 67.0 cm³/mol. The molecule has 0 saturated heterocycles. The summed E-state index contributed by atoms with van der Waals surface area (Å²) in [5.41, 5.74) is 0.780. The molecule has 16 heavy (non-hydrogen) atoms. The molecule has 1 rings (SSSR count). The standard InChI is InChI=1S/C13H19ClO2/c1-4-9(2)7-13(15)11-6-5-10(16-3)8-12(11)14/h5-6,8-9,13,15H,4,7H2,1-3H3. The number of hydrogen-bond donors (Lipinski definition) is 1. The van der Waals surface area contributed by atoms with E-state index in [1.54, 1.807) is 13.2 Å². The van der Waals surface area contributed by atoms with Crippen molar-refractivity contribution in [1.82, 2.24) is 0 Å². The largest absolute Gasteiger partial charge is 0.497 e. The van der Waals surface area contributed by atoms with E-state index < -0.39 is 6.10 Å². The maximum absolute atomic E-state index is 10.0. The fraction of sp³-hybridized carbons (Fsp3) is 0.538. The lowest BCUT2D eigenvalue weighted by atomic mass is 9.96. The first-order chi connectivity index (χ1) is 7.58. The molecule has 0 aliphatic rings. The maximum atomic E-state index is 10.0. The molecule has 2 nitrogen and oxygen atoms in total. The van der Waals surface area contributed by atoms with Crippen LogP contribution in [0.5, 0.6) is 5.75 Å². The summed E-state index contributed by atoms with van der Waals surface area (Å²) in [7, 11) is 1.60. The lowest BCUT2D eigenvalue weighted by Gasteiger charge is -2.16. The van der Waals surface area contributed by atoms with E-state index in [1.165, 1.54) is 0 Å². The summed E-state index contributed by atoms with van der Waals surface area (Å²) >= 11 is 6.09. The van der Waals surface area contributed by atoms with Gasteiger partial charge in [-0.15, -0.1) is 0 Å². The number of halogens is 1. The van der Waals surface area contributed by atoms with E-state index in [0.717, 1.165) is 18.4 Å². The van der Waals surface area contributed by atoms with Crippen LogP contribution < -0.4 is 4.74 Å². The Bertz CT molecular complexity index is 339. The molecule has 2 atom stereocenters. The van der Waals surface area contributed by atoms with Crippen LogP contribution in [0.15, 0.2) is 18.2 Å². The van der Waals surface area contributed by atoms with Crippen molar-refractivity contribution >= 4 is 11.6 Å². The van der Waals surface area contributed by atoms with Crippen LogP contribution in [0.2, 0.25) is 5.02 Å². The molecule has 3 heteroatoms. The van der Waals surface area contributed by atoms with Gasteiger partial charge in [0.25, 0.3) is 0 Å². The molecule has 0 aliphatic carbocycles. The van der Waals surface area contributed by atoms with Crippen molar-refractivity contribution in [3.05, 3.63) is 28.8 Å². The van der Waals surface area contributed by atoms with E-state index in [4.69, 9.17) is 16.3 Å². The van der Waals surface area contributed by atoms with Crippen LogP contribution in [0.4, 0.5) is 0 Å². The van der Waals surface area contributed by atoms with E-state index in [2.05, 4.69) is 13.8 Å². The summed E-state index contributed by atoms with van der Waals surface area (Å²) in [5, 5.41) is 10.6. The van der Waals surface area contributed by atoms with E-state index >= 15 is 0 Å². The van der Waals surface area contributed by atoms with Crippen LogP contribution >= 0.6 is 11.6 Å². The van der Waals surface area contributed by atoms with Crippen LogP contribution in [0.3, 0.4) is 0 Å². The van der Waals surface area contributed by atoms with Gasteiger partial charge < -0.3 is 9.84 Å². The quantitative estimate of drug-likeness (QED) is 0.851. The number of methoxy groups -OCH3 is 1. The third-order valence-corrected chi connectivity index (χ3v) is 3.22. The van der Waals surface area contributed by atoms with Gasteiger partial charge >= 0.3 is 0 Å². The minimum atomic E-state index is -0.492. The molecular weight excluding hydrogens is 224 g/mol. The Hall–Kier alpha value is -0.730. The minimum Gasteiger partial charge on any atom is -0.497 e. The molecule has 90 valence electrons. The Balaban J connectivity index is 2.79. The van der Waals surface area contributed by atoms with Crippen LogP contribution in [0, 0.1) is 5.92 Å². The number of aliphatic hydroxyl groups excluding tert-OH is 1. The first-order valence-corrected chi connectivity index (χ1v) is 5.97. The highest BCUT2D eigenvalue weighted by Gasteiger charge is 2.14. The monoisotopic (exact) mass is 242 g/mol. The first kappa shape index (κ1) is 13.3. The zero-order valence-corrected chi connectivity index (χ0v) is 10.8. The molecule has 0 amide bonds. The van der Waals surface area contributed by atoms with Gasteiger partial charge in [-0.2, -0.15) is 0 Å². The number of benzene rings is 1. The van der Waals surface area contributed by atoms with Crippen LogP contribution in [0.1, 0.15) is 38.4 Å². The van der Waals surface area contributed by atoms with Gasteiger partial charge in [0.15, 0.2) is 0 Å². The van der Waals surface area contributed by atoms with E-state index in [1.807, 2.05) is 12.1 Å². The van der Waals surface area contributed by atoms with Crippen molar-refractivity contribution in [2.45, 2.75) is 32.8 Å². The zero-order chi connectivity index (χ0) is 12.1. The number of aliphatic hydroxyl groups is 1. The van der Waals surface area contributed by atoms with Crippen molar-refractivity contribution < 1.29 is 9.84 Å². The number of hydrogen-bond acceptors (Lipinski definition) is 2. The molecule has 0 saturated carbocycles. The highest BCUT2D eigenvalue weighted by atomic mass is 35.5. The van der Waals surface area contributed by atoms with Crippen molar-refractivity contribution in [1.29, 1.82) is 0 Å². The van der Waals surface area contributed by atoms with Gasteiger partial charge in [0.1, 0.15) is 5.75 Å². The topological polar surface area (TPSA) is 29.5 Å². The second kappa shape index (κ2) is 6.12. The molecule has 1 aromatic carbocycles. The van der Waals surface area contributed by atoms with Gasteiger partial charge in [0, 0.05) is 0 Å². The summed E-state index contributed by atoms with van der Waals surface area (Å²) in [6.07, 6.45) is 1.31. The Morgan fingerprint density at radius 2 is 2.12 bits per heavy atom. The molecule has 0 fully saturated rings. The second-order valence-corrected chi connectivity index (χ2v) is 4.56. The fourth-order valence-corrected chi connectivity index (χ4v) is 1.88. The van der Waals surface area contributed by atoms with Crippen LogP contribution in [0.25, 0.3) is 0 Å². The van der Waals surface area contributed by atoms with Gasteiger partial charge in [-0.25, -0.2) is 0 Å². The zero-order valence-electron chi connectivity index (χ0n) is 10.0.